The Bertz CT molecular complexity index is 533. The summed E-state index contributed by atoms with van der Waals surface area (Å²) in [7, 11) is 0. The molecule has 2 aromatic carbocycles. The van der Waals surface area contributed by atoms with Crippen LogP contribution < -0.4 is 0 Å². The molecule has 1 saturated heterocycles. The first-order chi connectivity index (χ1) is 10.4. The molecule has 1 aliphatic rings. The molecule has 0 aliphatic carbocycles. The van der Waals surface area contributed by atoms with Gasteiger partial charge < -0.3 is 14.2 Å². The molecule has 21 heavy (non-hydrogen) atoms. The molecule has 0 N–H and O–H groups in total. The van der Waals surface area contributed by atoms with Crippen molar-refractivity contribution < 1.29 is 14.2 Å². The molecule has 0 amide bonds. The average Bonchev–Trinajstić information content (AvgIpc) is 3.04. The highest BCUT2D eigenvalue weighted by atomic mass is 16.7. The third-order valence-electron chi connectivity index (χ3n) is 3.65. The van der Waals surface area contributed by atoms with Crippen LogP contribution in [0.2, 0.25) is 0 Å². The predicted octanol–water partition coefficient (Wildman–Crippen LogP) is 3.49. The highest BCUT2D eigenvalue weighted by Gasteiger charge is 2.38. The number of rotatable bonds is 6. The summed E-state index contributed by atoms with van der Waals surface area (Å²) in [5, 5.41) is 0. The monoisotopic (exact) mass is 284 g/mol. The van der Waals surface area contributed by atoms with E-state index in [1.54, 1.807) is 0 Å². The van der Waals surface area contributed by atoms with E-state index in [9.17, 15) is 0 Å². The Hall–Kier alpha value is -1.68. The van der Waals surface area contributed by atoms with Crippen LogP contribution in [-0.2, 0) is 26.6 Å². The van der Waals surface area contributed by atoms with Crippen molar-refractivity contribution in [2.24, 2.45) is 0 Å². The van der Waals surface area contributed by atoms with Gasteiger partial charge in [0.25, 0.3) is 0 Å². The van der Waals surface area contributed by atoms with Gasteiger partial charge in [0.1, 0.15) is 0 Å². The smallest absolute Gasteiger partial charge is 0.197 e. The molecule has 2 aromatic rings. The molecule has 0 unspecified atom stereocenters. The maximum absolute atomic E-state index is 5.88. The van der Waals surface area contributed by atoms with E-state index in [2.05, 4.69) is 12.1 Å². The Morgan fingerprint density at radius 1 is 0.857 bits per heavy atom. The molecule has 0 atom stereocenters. The molecule has 1 heterocycles. The Balaban J connectivity index is 1.57. The van der Waals surface area contributed by atoms with E-state index >= 15 is 0 Å². The van der Waals surface area contributed by atoms with Gasteiger partial charge in [-0.1, -0.05) is 60.7 Å². The maximum atomic E-state index is 5.88. The summed E-state index contributed by atoms with van der Waals surface area (Å²) >= 11 is 0. The zero-order valence-corrected chi connectivity index (χ0v) is 12.0. The zero-order chi connectivity index (χ0) is 14.4. The van der Waals surface area contributed by atoms with Crippen molar-refractivity contribution in [2.75, 3.05) is 19.8 Å². The highest BCUT2D eigenvalue weighted by molar-refractivity contribution is 5.21. The first kappa shape index (κ1) is 14.3. The van der Waals surface area contributed by atoms with Gasteiger partial charge in [-0.15, -0.1) is 0 Å². The van der Waals surface area contributed by atoms with Crippen molar-refractivity contribution in [1.29, 1.82) is 0 Å². The van der Waals surface area contributed by atoms with Gasteiger partial charge in [0.2, 0.25) is 0 Å². The number of hydrogen-bond donors (Lipinski definition) is 0. The van der Waals surface area contributed by atoms with E-state index in [1.807, 2.05) is 48.5 Å². The minimum absolute atomic E-state index is 0.601. The number of hydrogen-bond acceptors (Lipinski definition) is 3. The lowest BCUT2D eigenvalue weighted by molar-refractivity contribution is -0.179. The quantitative estimate of drug-likeness (QED) is 0.760. The lowest BCUT2D eigenvalue weighted by Crippen LogP contribution is -2.28. The zero-order valence-electron chi connectivity index (χ0n) is 12.0. The van der Waals surface area contributed by atoms with E-state index in [0.29, 0.717) is 32.8 Å². The fourth-order valence-electron chi connectivity index (χ4n) is 2.57. The maximum Gasteiger partial charge on any atom is 0.197 e. The van der Waals surface area contributed by atoms with Crippen molar-refractivity contribution in [3.63, 3.8) is 0 Å². The minimum atomic E-state index is -0.641. The fourth-order valence-corrected chi connectivity index (χ4v) is 2.57. The molecule has 3 heteroatoms. The number of benzene rings is 2. The van der Waals surface area contributed by atoms with Gasteiger partial charge in [-0.05, 0) is 5.56 Å². The van der Waals surface area contributed by atoms with Gasteiger partial charge in [0.05, 0.1) is 26.4 Å². The van der Waals surface area contributed by atoms with Gasteiger partial charge in [-0.25, -0.2) is 0 Å². The molecule has 1 aliphatic heterocycles. The largest absolute Gasteiger partial charge is 0.377 e. The lowest BCUT2D eigenvalue weighted by Gasteiger charge is -2.27. The molecule has 3 rings (SSSR count). The third kappa shape index (κ3) is 3.50. The molecule has 110 valence electrons. The lowest BCUT2D eigenvalue weighted by atomic mass is 10.0. The van der Waals surface area contributed by atoms with E-state index in [0.717, 1.165) is 5.56 Å². The Kier molecular flexibility index (Phi) is 4.65. The fraction of sp³-hybridized carbons (Fsp3) is 0.333. The Morgan fingerprint density at radius 2 is 1.48 bits per heavy atom. The van der Waals surface area contributed by atoms with E-state index in [1.165, 1.54) is 5.56 Å². The molecule has 3 nitrogen and oxygen atoms in total. The Morgan fingerprint density at radius 3 is 2.14 bits per heavy atom. The van der Waals surface area contributed by atoms with Crippen molar-refractivity contribution >= 4 is 0 Å². The summed E-state index contributed by atoms with van der Waals surface area (Å²) < 4.78 is 17.5. The Labute approximate surface area is 125 Å². The van der Waals surface area contributed by atoms with Crippen LogP contribution in [0.4, 0.5) is 0 Å². The summed E-state index contributed by atoms with van der Waals surface area (Å²) in [6.45, 7) is 2.48. The first-order valence-electron chi connectivity index (χ1n) is 7.34. The molecule has 0 spiro atoms. The highest BCUT2D eigenvalue weighted by Crippen LogP contribution is 2.34. The van der Waals surface area contributed by atoms with Gasteiger partial charge >= 0.3 is 0 Å². The predicted molar refractivity (Wildman–Crippen MR) is 80.7 cm³/mol. The van der Waals surface area contributed by atoms with Crippen LogP contribution in [0.5, 0.6) is 0 Å². The summed E-state index contributed by atoms with van der Waals surface area (Å²) in [6.07, 6.45) is 0.698. The van der Waals surface area contributed by atoms with Crippen molar-refractivity contribution in [1.82, 2.24) is 0 Å². The van der Waals surface area contributed by atoms with Crippen molar-refractivity contribution in [3.05, 3.63) is 71.8 Å². The average molecular weight is 284 g/mol. The molecule has 1 fully saturated rings. The molecular weight excluding hydrogens is 264 g/mol. The summed E-state index contributed by atoms with van der Waals surface area (Å²) in [4.78, 5) is 0. The molecule has 0 bridgehead atoms. The van der Waals surface area contributed by atoms with Gasteiger partial charge in [-0.3, -0.25) is 0 Å². The van der Waals surface area contributed by atoms with Gasteiger partial charge in [-0.2, -0.15) is 0 Å². The number of ether oxygens (including phenoxy) is 3. The van der Waals surface area contributed by atoms with Gasteiger partial charge in [0.15, 0.2) is 5.79 Å². The molecule has 0 aromatic heterocycles. The topological polar surface area (TPSA) is 27.7 Å². The molecule has 0 radical (unpaired) electrons. The third-order valence-corrected chi connectivity index (χ3v) is 3.65. The van der Waals surface area contributed by atoms with Crippen LogP contribution in [0.1, 0.15) is 17.5 Å². The van der Waals surface area contributed by atoms with E-state index in [4.69, 9.17) is 14.2 Å². The first-order valence-corrected chi connectivity index (χ1v) is 7.34. The molecule has 0 saturated carbocycles. The summed E-state index contributed by atoms with van der Waals surface area (Å²) in [5.74, 6) is -0.641. The summed E-state index contributed by atoms with van der Waals surface area (Å²) in [6, 6.07) is 20.3. The van der Waals surface area contributed by atoms with Crippen LogP contribution in [0, 0.1) is 0 Å². The van der Waals surface area contributed by atoms with Gasteiger partial charge in [0, 0.05) is 12.0 Å². The van der Waals surface area contributed by atoms with Crippen LogP contribution in [0.25, 0.3) is 0 Å². The summed E-state index contributed by atoms with van der Waals surface area (Å²) in [5.41, 5.74) is 2.24. The van der Waals surface area contributed by atoms with E-state index < -0.39 is 5.79 Å². The second-order valence-electron chi connectivity index (χ2n) is 5.10. The SMILES string of the molecule is c1ccc(COCCC2(c3ccccc3)OCCO2)cc1. The minimum Gasteiger partial charge on any atom is -0.377 e. The van der Waals surface area contributed by atoms with Crippen molar-refractivity contribution in [2.45, 2.75) is 18.8 Å². The van der Waals surface area contributed by atoms with Crippen LogP contribution in [0.15, 0.2) is 60.7 Å². The second-order valence-corrected chi connectivity index (χ2v) is 5.10. The van der Waals surface area contributed by atoms with Crippen LogP contribution in [-0.4, -0.2) is 19.8 Å². The van der Waals surface area contributed by atoms with Crippen molar-refractivity contribution in [3.8, 4) is 0 Å². The normalized spacial score (nSPS) is 17.0. The van der Waals surface area contributed by atoms with E-state index in [-0.39, 0.29) is 0 Å². The standard InChI is InChI=1S/C18H20O3/c1-3-7-16(8-4-1)15-19-12-11-18(20-13-14-21-18)17-9-5-2-6-10-17/h1-10H,11-15H2. The van der Waals surface area contributed by atoms with Crippen LogP contribution in [0.3, 0.4) is 0 Å². The van der Waals surface area contributed by atoms with Crippen LogP contribution >= 0.6 is 0 Å². The second kappa shape index (κ2) is 6.85. The molecular formula is C18H20O3.